The molecule has 1 aliphatic heterocycles. The SMILES string of the molecule is COc1ccccc1N(C)C(=O)CN1CCNCC1. The summed E-state index contributed by atoms with van der Waals surface area (Å²) >= 11 is 0. The molecule has 0 radical (unpaired) electrons. The van der Waals surface area contributed by atoms with Crippen LogP contribution in [-0.4, -0.2) is 57.7 Å². The van der Waals surface area contributed by atoms with Gasteiger partial charge in [0.05, 0.1) is 19.3 Å². The van der Waals surface area contributed by atoms with E-state index in [1.165, 1.54) is 0 Å². The molecule has 1 N–H and O–H groups in total. The van der Waals surface area contributed by atoms with E-state index < -0.39 is 0 Å². The monoisotopic (exact) mass is 263 g/mol. The molecule has 1 amide bonds. The van der Waals surface area contributed by atoms with Crippen LogP contribution in [0.4, 0.5) is 5.69 Å². The van der Waals surface area contributed by atoms with Crippen molar-refractivity contribution < 1.29 is 9.53 Å². The molecule has 0 aliphatic carbocycles. The summed E-state index contributed by atoms with van der Waals surface area (Å²) in [6, 6.07) is 7.57. The van der Waals surface area contributed by atoms with Gasteiger partial charge in [-0.3, -0.25) is 9.69 Å². The van der Waals surface area contributed by atoms with Crippen LogP contribution in [0, 0.1) is 0 Å². The lowest BCUT2D eigenvalue weighted by molar-refractivity contribution is -0.119. The number of para-hydroxylation sites is 2. The lowest BCUT2D eigenvalue weighted by Crippen LogP contribution is -2.47. The molecule has 1 saturated heterocycles. The van der Waals surface area contributed by atoms with Gasteiger partial charge in [0.25, 0.3) is 0 Å². The van der Waals surface area contributed by atoms with Crippen molar-refractivity contribution in [2.45, 2.75) is 0 Å². The van der Waals surface area contributed by atoms with Crippen LogP contribution >= 0.6 is 0 Å². The number of nitrogens with one attached hydrogen (secondary N) is 1. The molecule has 2 rings (SSSR count). The molecule has 1 fully saturated rings. The summed E-state index contributed by atoms with van der Waals surface area (Å²) in [5.41, 5.74) is 0.810. The molecule has 0 spiro atoms. The van der Waals surface area contributed by atoms with Gasteiger partial charge in [-0.05, 0) is 12.1 Å². The first kappa shape index (κ1) is 13.8. The Kier molecular flexibility index (Phi) is 4.76. The van der Waals surface area contributed by atoms with Gasteiger partial charge in [0.15, 0.2) is 0 Å². The van der Waals surface area contributed by atoms with Crippen molar-refractivity contribution in [2.24, 2.45) is 0 Å². The van der Waals surface area contributed by atoms with Gasteiger partial charge in [0.2, 0.25) is 5.91 Å². The summed E-state index contributed by atoms with van der Waals surface area (Å²) in [6.07, 6.45) is 0. The Labute approximate surface area is 114 Å². The number of carbonyl (C=O) groups excluding carboxylic acids is 1. The molecule has 0 aromatic heterocycles. The highest BCUT2D eigenvalue weighted by Crippen LogP contribution is 2.26. The van der Waals surface area contributed by atoms with Crippen LogP contribution in [0.2, 0.25) is 0 Å². The molecule has 5 heteroatoms. The van der Waals surface area contributed by atoms with Crippen LogP contribution in [0.1, 0.15) is 0 Å². The standard InChI is InChI=1S/C14H21N3O2/c1-16(12-5-3-4-6-13(12)19-2)14(18)11-17-9-7-15-8-10-17/h3-6,15H,7-11H2,1-2H3. The van der Waals surface area contributed by atoms with Gasteiger partial charge in [0.1, 0.15) is 5.75 Å². The van der Waals surface area contributed by atoms with Crippen molar-refractivity contribution in [1.82, 2.24) is 10.2 Å². The Morgan fingerprint density at radius 3 is 2.74 bits per heavy atom. The van der Waals surface area contributed by atoms with Crippen LogP contribution in [0.15, 0.2) is 24.3 Å². The predicted molar refractivity (Wildman–Crippen MR) is 75.7 cm³/mol. The van der Waals surface area contributed by atoms with Crippen molar-refractivity contribution >= 4 is 11.6 Å². The van der Waals surface area contributed by atoms with E-state index in [0.717, 1.165) is 37.6 Å². The number of carbonyl (C=O) groups is 1. The largest absolute Gasteiger partial charge is 0.495 e. The number of hydrogen-bond donors (Lipinski definition) is 1. The van der Waals surface area contributed by atoms with E-state index in [1.807, 2.05) is 24.3 Å². The Balaban J connectivity index is 2.01. The third-order valence-electron chi connectivity index (χ3n) is 3.39. The summed E-state index contributed by atoms with van der Waals surface area (Å²) in [5, 5.41) is 3.28. The van der Waals surface area contributed by atoms with E-state index in [1.54, 1.807) is 19.1 Å². The number of hydrogen-bond acceptors (Lipinski definition) is 4. The number of amides is 1. The molecule has 0 bridgehead atoms. The van der Waals surface area contributed by atoms with Crippen LogP contribution < -0.4 is 15.0 Å². The first-order chi connectivity index (χ1) is 9.22. The van der Waals surface area contributed by atoms with Crippen molar-refractivity contribution in [3.63, 3.8) is 0 Å². The van der Waals surface area contributed by atoms with Gasteiger partial charge < -0.3 is 15.0 Å². The van der Waals surface area contributed by atoms with Crippen LogP contribution in [0.25, 0.3) is 0 Å². The normalized spacial score (nSPS) is 16.1. The molecular formula is C14H21N3O2. The summed E-state index contributed by atoms with van der Waals surface area (Å²) in [5.74, 6) is 0.810. The fourth-order valence-corrected chi connectivity index (χ4v) is 2.21. The number of anilines is 1. The maximum absolute atomic E-state index is 12.3. The Bertz CT molecular complexity index is 430. The minimum atomic E-state index is 0.0893. The molecule has 0 saturated carbocycles. The lowest BCUT2D eigenvalue weighted by atomic mass is 10.2. The summed E-state index contributed by atoms with van der Waals surface area (Å²) in [6.45, 7) is 4.20. The fraction of sp³-hybridized carbons (Fsp3) is 0.500. The summed E-state index contributed by atoms with van der Waals surface area (Å²) in [7, 11) is 3.41. The zero-order valence-electron chi connectivity index (χ0n) is 11.6. The van der Waals surface area contributed by atoms with Crippen molar-refractivity contribution in [2.75, 3.05) is 51.8 Å². The third-order valence-corrected chi connectivity index (χ3v) is 3.39. The summed E-state index contributed by atoms with van der Waals surface area (Å²) in [4.78, 5) is 16.1. The van der Waals surface area contributed by atoms with Gasteiger partial charge in [-0.2, -0.15) is 0 Å². The number of likely N-dealkylation sites (N-methyl/N-ethyl adjacent to an activating group) is 1. The highest BCUT2D eigenvalue weighted by atomic mass is 16.5. The van der Waals surface area contributed by atoms with Crippen molar-refractivity contribution in [3.8, 4) is 5.75 Å². The molecule has 19 heavy (non-hydrogen) atoms. The average Bonchev–Trinajstić information content (AvgIpc) is 2.47. The Morgan fingerprint density at radius 2 is 2.05 bits per heavy atom. The minimum Gasteiger partial charge on any atom is -0.495 e. The quantitative estimate of drug-likeness (QED) is 0.862. The zero-order chi connectivity index (χ0) is 13.7. The molecule has 5 nitrogen and oxygen atoms in total. The molecular weight excluding hydrogens is 242 g/mol. The van der Waals surface area contributed by atoms with Crippen LogP contribution in [0.3, 0.4) is 0 Å². The molecule has 104 valence electrons. The number of piperazine rings is 1. The van der Waals surface area contributed by atoms with Gasteiger partial charge in [-0.15, -0.1) is 0 Å². The second-order valence-electron chi connectivity index (χ2n) is 4.65. The van der Waals surface area contributed by atoms with Gasteiger partial charge in [-0.25, -0.2) is 0 Å². The van der Waals surface area contributed by atoms with E-state index in [-0.39, 0.29) is 5.91 Å². The van der Waals surface area contributed by atoms with Gasteiger partial charge in [-0.1, -0.05) is 12.1 Å². The molecule has 0 atom stereocenters. The van der Waals surface area contributed by atoms with E-state index in [2.05, 4.69) is 10.2 Å². The highest BCUT2D eigenvalue weighted by Gasteiger charge is 2.19. The third kappa shape index (κ3) is 3.45. The van der Waals surface area contributed by atoms with Gasteiger partial charge in [0, 0.05) is 33.2 Å². The molecule has 1 aromatic rings. The Hall–Kier alpha value is -1.59. The first-order valence-corrected chi connectivity index (χ1v) is 6.55. The topological polar surface area (TPSA) is 44.8 Å². The van der Waals surface area contributed by atoms with E-state index in [9.17, 15) is 4.79 Å². The average molecular weight is 263 g/mol. The van der Waals surface area contributed by atoms with E-state index >= 15 is 0 Å². The highest BCUT2D eigenvalue weighted by molar-refractivity contribution is 5.95. The van der Waals surface area contributed by atoms with E-state index in [0.29, 0.717) is 6.54 Å². The molecule has 0 unspecified atom stereocenters. The first-order valence-electron chi connectivity index (χ1n) is 6.55. The fourth-order valence-electron chi connectivity index (χ4n) is 2.21. The Morgan fingerprint density at radius 1 is 1.37 bits per heavy atom. The zero-order valence-corrected chi connectivity index (χ0v) is 11.6. The van der Waals surface area contributed by atoms with Crippen molar-refractivity contribution in [3.05, 3.63) is 24.3 Å². The number of methoxy groups -OCH3 is 1. The molecule has 1 heterocycles. The molecule has 1 aliphatic rings. The number of ether oxygens (including phenoxy) is 1. The number of benzene rings is 1. The van der Waals surface area contributed by atoms with Crippen LogP contribution in [-0.2, 0) is 4.79 Å². The maximum atomic E-state index is 12.3. The second-order valence-corrected chi connectivity index (χ2v) is 4.65. The van der Waals surface area contributed by atoms with Crippen LogP contribution in [0.5, 0.6) is 5.75 Å². The summed E-state index contributed by atoms with van der Waals surface area (Å²) < 4.78 is 5.29. The number of rotatable bonds is 4. The van der Waals surface area contributed by atoms with Crippen molar-refractivity contribution in [1.29, 1.82) is 0 Å². The predicted octanol–water partition coefficient (Wildman–Crippen LogP) is 0.563. The lowest BCUT2D eigenvalue weighted by Gasteiger charge is -2.28. The minimum absolute atomic E-state index is 0.0893. The van der Waals surface area contributed by atoms with E-state index in [4.69, 9.17) is 4.74 Å². The second kappa shape index (κ2) is 6.54. The molecule has 1 aromatic carbocycles. The number of nitrogens with zero attached hydrogens (tertiary/aromatic N) is 2. The maximum Gasteiger partial charge on any atom is 0.241 e. The smallest absolute Gasteiger partial charge is 0.241 e. The van der Waals surface area contributed by atoms with Gasteiger partial charge >= 0.3 is 0 Å².